The van der Waals surface area contributed by atoms with Crippen LogP contribution in [0.1, 0.15) is 11.1 Å². The molecule has 0 fully saturated rings. The summed E-state index contributed by atoms with van der Waals surface area (Å²) in [4.78, 5) is 10.5. The fourth-order valence-corrected chi connectivity index (χ4v) is 1.71. The summed E-state index contributed by atoms with van der Waals surface area (Å²) in [7, 11) is 0. The molecule has 2 aromatic carbocycles. The lowest BCUT2D eigenvalue weighted by Crippen LogP contribution is -1.96. The van der Waals surface area contributed by atoms with E-state index < -0.39 is 4.92 Å². The Morgan fingerprint density at radius 1 is 1.21 bits per heavy atom. The molecule has 0 unspecified atom stereocenters. The van der Waals surface area contributed by atoms with Gasteiger partial charge in [0.1, 0.15) is 5.75 Å². The fraction of sp³-hybridized carbons (Fsp3) is 0.143. The van der Waals surface area contributed by atoms with E-state index >= 15 is 0 Å². The number of hydrogen-bond donors (Lipinski definition) is 1. The first-order valence-corrected chi connectivity index (χ1v) is 5.73. The van der Waals surface area contributed by atoms with Crippen molar-refractivity contribution in [2.24, 2.45) is 0 Å². The van der Waals surface area contributed by atoms with Gasteiger partial charge < -0.3 is 9.84 Å². The predicted molar refractivity (Wildman–Crippen MR) is 70.3 cm³/mol. The number of nitro groups is 1. The highest BCUT2D eigenvalue weighted by Crippen LogP contribution is 2.33. The highest BCUT2D eigenvalue weighted by atomic mass is 16.6. The van der Waals surface area contributed by atoms with Gasteiger partial charge in [-0.1, -0.05) is 24.3 Å². The van der Waals surface area contributed by atoms with Gasteiger partial charge in [-0.3, -0.25) is 10.1 Å². The lowest BCUT2D eigenvalue weighted by molar-refractivity contribution is -0.385. The lowest BCUT2D eigenvalue weighted by Gasteiger charge is -2.10. The molecule has 1 N–H and O–H groups in total. The van der Waals surface area contributed by atoms with E-state index in [9.17, 15) is 15.2 Å². The zero-order chi connectivity index (χ0) is 13.8. The predicted octanol–water partition coefficient (Wildman–Crippen LogP) is 3.19. The van der Waals surface area contributed by atoms with Gasteiger partial charge in [-0.05, 0) is 24.6 Å². The highest BCUT2D eigenvalue weighted by Gasteiger charge is 2.16. The van der Waals surface area contributed by atoms with Crippen LogP contribution in [0.5, 0.6) is 11.5 Å². The van der Waals surface area contributed by atoms with Crippen molar-refractivity contribution in [1.29, 1.82) is 0 Å². The van der Waals surface area contributed by atoms with Gasteiger partial charge in [0, 0.05) is 11.6 Å². The first-order chi connectivity index (χ1) is 9.11. The third kappa shape index (κ3) is 2.89. The molecule has 2 rings (SSSR count). The molecular formula is C14H13NO4. The Morgan fingerprint density at radius 2 is 1.95 bits per heavy atom. The minimum atomic E-state index is -0.490. The van der Waals surface area contributed by atoms with Crippen molar-refractivity contribution in [1.82, 2.24) is 0 Å². The third-order valence-corrected chi connectivity index (χ3v) is 2.67. The summed E-state index contributed by atoms with van der Waals surface area (Å²) in [6, 6.07) is 11.6. The second-order valence-corrected chi connectivity index (χ2v) is 4.10. The third-order valence-electron chi connectivity index (χ3n) is 2.67. The Bertz CT molecular complexity index is 610. The highest BCUT2D eigenvalue weighted by molar-refractivity contribution is 5.51. The molecular weight excluding hydrogens is 246 g/mol. The summed E-state index contributed by atoms with van der Waals surface area (Å²) in [5, 5.41) is 20.2. The van der Waals surface area contributed by atoms with Crippen molar-refractivity contribution in [3.63, 3.8) is 0 Å². The van der Waals surface area contributed by atoms with Gasteiger partial charge in [-0.15, -0.1) is 0 Å². The average molecular weight is 259 g/mol. The average Bonchev–Trinajstić information content (AvgIpc) is 2.39. The molecule has 19 heavy (non-hydrogen) atoms. The molecule has 0 saturated heterocycles. The Balaban J connectivity index is 2.42. The summed E-state index contributed by atoms with van der Waals surface area (Å²) in [6.45, 7) is 1.64. The normalized spacial score (nSPS) is 10.2. The smallest absolute Gasteiger partial charge is 0.311 e. The summed E-state index contributed by atoms with van der Waals surface area (Å²) in [5.41, 5.74) is 1.35. The van der Waals surface area contributed by atoms with Crippen molar-refractivity contribution in [3.8, 4) is 11.5 Å². The van der Waals surface area contributed by atoms with Crippen LogP contribution >= 0.6 is 0 Å². The molecule has 0 bridgehead atoms. The first kappa shape index (κ1) is 13.0. The maximum absolute atomic E-state index is 11.0. The molecule has 5 nitrogen and oxygen atoms in total. The zero-order valence-corrected chi connectivity index (χ0v) is 10.4. The molecule has 98 valence electrons. The summed E-state index contributed by atoms with van der Waals surface area (Å²) < 4.78 is 5.57. The van der Waals surface area contributed by atoms with Gasteiger partial charge in [0.25, 0.3) is 0 Å². The van der Waals surface area contributed by atoms with Gasteiger partial charge in [0.2, 0.25) is 5.75 Å². The maximum Gasteiger partial charge on any atom is 0.311 e. The molecule has 5 heteroatoms. The standard InChI is InChI=1S/C14H13NO4/c1-10-6-7-12(15(17)18)14(8-10)19-13-5-3-2-4-11(13)9-16/h2-8,16H,9H2,1H3. The van der Waals surface area contributed by atoms with Crippen LogP contribution in [0.3, 0.4) is 0 Å². The number of ether oxygens (including phenoxy) is 1. The second kappa shape index (κ2) is 5.49. The molecule has 0 aliphatic heterocycles. The maximum atomic E-state index is 11.0. The van der Waals surface area contributed by atoms with Crippen LogP contribution in [0, 0.1) is 17.0 Å². The van der Waals surface area contributed by atoms with Crippen LogP contribution in [0.15, 0.2) is 42.5 Å². The van der Waals surface area contributed by atoms with E-state index in [2.05, 4.69) is 0 Å². The fourth-order valence-electron chi connectivity index (χ4n) is 1.71. The number of aliphatic hydroxyl groups excluding tert-OH is 1. The zero-order valence-electron chi connectivity index (χ0n) is 10.4. The second-order valence-electron chi connectivity index (χ2n) is 4.10. The molecule has 0 amide bonds. The number of rotatable bonds is 4. The van der Waals surface area contributed by atoms with E-state index in [1.54, 1.807) is 36.4 Å². The Kier molecular flexibility index (Phi) is 3.77. The quantitative estimate of drug-likeness (QED) is 0.676. The van der Waals surface area contributed by atoms with Crippen molar-refractivity contribution in [3.05, 3.63) is 63.7 Å². The van der Waals surface area contributed by atoms with Gasteiger partial charge in [0.05, 0.1) is 11.5 Å². The monoisotopic (exact) mass is 259 g/mol. The van der Waals surface area contributed by atoms with Crippen molar-refractivity contribution in [2.75, 3.05) is 0 Å². The molecule has 0 radical (unpaired) electrons. The van der Waals surface area contributed by atoms with Crippen LogP contribution in [-0.2, 0) is 6.61 Å². The van der Waals surface area contributed by atoms with Crippen LogP contribution in [-0.4, -0.2) is 10.0 Å². The molecule has 0 spiro atoms. The molecule has 0 aliphatic rings. The molecule has 0 aliphatic carbocycles. The van der Waals surface area contributed by atoms with Crippen molar-refractivity contribution < 1.29 is 14.8 Å². The van der Waals surface area contributed by atoms with Crippen LogP contribution in [0.4, 0.5) is 5.69 Å². The molecule has 0 saturated carbocycles. The number of hydrogen-bond acceptors (Lipinski definition) is 4. The molecule has 0 heterocycles. The van der Waals surface area contributed by atoms with Crippen LogP contribution in [0.2, 0.25) is 0 Å². The largest absolute Gasteiger partial charge is 0.450 e. The van der Waals surface area contributed by atoms with Gasteiger partial charge in [-0.25, -0.2) is 0 Å². The topological polar surface area (TPSA) is 72.6 Å². The Hall–Kier alpha value is -2.40. The van der Waals surface area contributed by atoms with E-state index in [0.29, 0.717) is 11.3 Å². The number of aryl methyl sites for hydroxylation is 1. The van der Waals surface area contributed by atoms with E-state index in [4.69, 9.17) is 4.74 Å². The van der Waals surface area contributed by atoms with E-state index in [0.717, 1.165) is 5.56 Å². The van der Waals surface area contributed by atoms with E-state index in [1.165, 1.54) is 6.07 Å². The summed E-state index contributed by atoms with van der Waals surface area (Å²) in [5.74, 6) is 0.588. The summed E-state index contributed by atoms with van der Waals surface area (Å²) in [6.07, 6.45) is 0. The first-order valence-electron chi connectivity index (χ1n) is 5.73. The van der Waals surface area contributed by atoms with Crippen LogP contribution in [0.25, 0.3) is 0 Å². The molecule has 0 atom stereocenters. The number of benzene rings is 2. The minimum absolute atomic E-state index is 0.0988. The van der Waals surface area contributed by atoms with Gasteiger partial charge >= 0.3 is 5.69 Å². The SMILES string of the molecule is Cc1ccc([N+](=O)[O-])c(Oc2ccccc2CO)c1. The number of aliphatic hydroxyl groups is 1. The van der Waals surface area contributed by atoms with Crippen LogP contribution < -0.4 is 4.74 Å². The lowest BCUT2D eigenvalue weighted by atomic mass is 10.2. The van der Waals surface area contributed by atoms with Crippen molar-refractivity contribution >= 4 is 5.69 Å². The number of nitro benzene ring substituents is 1. The number of para-hydroxylation sites is 1. The minimum Gasteiger partial charge on any atom is -0.450 e. The molecule has 0 aromatic heterocycles. The van der Waals surface area contributed by atoms with E-state index in [-0.39, 0.29) is 18.0 Å². The Morgan fingerprint density at radius 3 is 2.63 bits per heavy atom. The van der Waals surface area contributed by atoms with E-state index in [1.807, 2.05) is 6.92 Å². The Labute approximate surface area is 110 Å². The van der Waals surface area contributed by atoms with Gasteiger partial charge in [-0.2, -0.15) is 0 Å². The molecule has 2 aromatic rings. The number of nitrogens with zero attached hydrogens (tertiary/aromatic N) is 1. The van der Waals surface area contributed by atoms with Crippen molar-refractivity contribution in [2.45, 2.75) is 13.5 Å². The van der Waals surface area contributed by atoms with Gasteiger partial charge in [0.15, 0.2) is 0 Å². The summed E-state index contributed by atoms with van der Waals surface area (Å²) >= 11 is 0.